The third-order valence-corrected chi connectivity index (χ3v) is 2.16. The van der Waals surface area contributed by atoms with Crippen molar-refractivity contribution in [3.63, 3.8) is 0 Å². The molecule has 1 atom stereocenters. The Bertz CT molecular complexity index is 136. The molecule has 1 aliphatic rings. The maximum absolute atomic E-state index is 12.5. The van der Waals surface area contributed by atoms with Crippen molar-refractivity contribution in [2.75, 3.05) is 6.61 Å². The second-order valence-electron chi connectivity index (χ2n) is 3.50. The van der Waals surface area contributed by atoms with Gasteiger partial charge in [0.1, 0.15) is 0 Å². The van der Waals surface area contributed by atoms with E-state index in [-0.39, 0.29) is 19.4 Å². The van der Waals surface area contributed by atoms with Crippen molar-refractivity contribution in [3.8, 4) is 0 Å². The molecule has 10 heavy (non-hydrogen) atoms. The number of hydrogen-bond acceptors (Lipinski definition) is 1. The molecule has 0 saturated heterocycles. The number of hydrogen-bond donors (Lipinski definition) is 1. The summed E-state index contributed by atoms with van der Waals surface area (Å²) in [7, 11) is 0. The van der Waals surface area contributed by atoms with Crippen molar-refractivity contribution in [3.05, 3.63) is 0 Å². The van der Waals surface area contributed by atoms with Gasteiger partial charge in [-0.25, -0.2) is 8.78 Å². The molecule has 1 rings (SSSR count). The van der Waals surface area contributed by atoms with Crippen LogP contribution in [0.4, 0.5) is 8.78 Å². The van der Waals surface area contributed by atoms with Crippen LogP contribution in [-0.2, 0) is 0 Å². The first kappa shape index (κ1) is 7.92. The zero-order valence-corrected chi connectivity index (χ0v) is 6.03. The molecule has 0 bridgehead atoms. The molecule has 1 saturated carbocycles. The second kappa shape index (κ2) is 2.16. The lowest BCUT2D eigenvalue weighted by molar-refractivity contribution is -0.00877. The van der Waals surface area contributed by atoms with Gasteiger partial charge in [-0.3, -0.25) is 0 Å². The number of alkyl halides is 2. The molecule has 1 aliphatic carbocycles. The Morgan fingerprint density at radius 3 is 2.20 bits per heavy atom. The molecule has 0 radical (unpaired) electrons. The second-order valence-corrected chi connectivity index (χ2v) is 3.50. The highest BCUT2D eigenvalue weighted by Crippen LogP contribution is 2.46. The maximum atomic E-state index is 12.5. The monoisotopic (exact) mass is 150 g/mol. The van der Waals surface area contributed by atoms with Gasteiger partial charge < -0.3 is 5.11 Å². The van der Waals surface area contributed by atoms with Crippen molar-refractivity contribution in [1.29, 1.82) is 0 Å². The largest absolute Gasteiger partial charge is 0.396 e. The van der Waals surface area contributed by atoms with Crippen LogP contribution in [-0.4, -0.2) is 17.6 Å². The first-order chi connectivity index (χ1) is 4.47. The first-order valence-corrected chi connectivity index (χ1v) is 3.46. The summed E-state index contributed by atoms with van der Waals surface area (Å²) in [5, 5.41) is 8.72. The summed E-state index contributed by atoms with van der Waals surface area (Å²) in [5.74, 6) is -2.53. The van der Waals surface area contributed by atoms with E-state index in [1.165, 1.54) is 0 Å². The Labute approximate surface area is 59.0 Å². The van der Waals surface area contributed by atoms with Gasteiger partial charge in [-0.2, -0.15) is 0 Å². The summed E-state index contributed by atoms with van der Waals surface area (Å²) in [6, 6.07) is 0. The van der Waals surface area contributed by atoms with E-state index in [2.05, 4.69) is 0 Å². The molecule has 0 aromatic heterocycles. The quantitative estimate of drug-likeness (QED) is 0.604. The molecule has 1 fully saturated rings. The van der Waals surface area contributed by atoms with Gasteiger partial charge in [-0.05, 0) is 11.8 Å². The van der Waals surface area contributed by atoms with Crippen LogP contribution in [0.25, 0.3) is 0 Å². The van der Waals surface area contributed by atoms with E-state index in [0.717, 1.165) is 0 Å². The van der Waals surface area contributed by atoms with Gasteiger partial charge in [0.25, 0.3) is 0 Å². The summed E-state index contributed by atoms with van der Waals surface area (Å²) < 4.78 is 25.0. The Hall–Kier alpha value is -0.180. The van der Waals surface area contributed by atoms with Crippen molar-refractivity contribution in [1.82, 2.24) is 0 Å². The number of aliphatic hydroxyl groups is 1. The lowest BCUT2D eigenvalue weighted by Gasteiger charge is -2.19. The van der Waals surface area contributed by atoms with E-state index in [9.17, 15) is 8.78 Å². The van der Waals surface area contributed by atoms with Crippen LogP contribution in [0.1, 0.15) is 26.2 Å². The van der Waals surface area contributed by atoms with Crippen LogP contribution >= 0.6 is 0 Å². The molecule has 1 N–H and O–H groups in total. The highest BCUT2D eigenvalue weighted by molar-refractivity contribution is 4.89. The maximum Gasteiger partial charge on any atom is 0.248 e. The Balaban J connectivity index is 2.57. The Morgan fingerprint density at radius 1 is 1.40 bits per heavy atom. The first-order valence-electron chi connectivity index (χ1n) is 3.46. The molecule has 60 valence electrons. The molecule has 0 aromatic rings. The van der Waals surface area contributed by atoms with E-state index in [0.29, 0.717) is 6.42 Å². The lowest BCUT2D eigenvalue weighted by atomic mass is 9.90. The standard InChI is InChI=1S/C7H12F2O/c1-6(5-10)2-3-7(8,9)4-6/h10H,2-5H2,1H3. The Kier molecular flexibility index (Phi) is 1.71. The summed E-state index contributed by atoms with van der Waals surface area (Å²) in [6.45, 7) is 1.58. The van der Waals surface area contributed by atoms with Crippen molar-refractivity contribution in [2.24, 2.45) is 5.41 Å². The minimum absolute atomic E-state index is 0.0654. The van der Waals surface area contributed by atoms with E-state index >= 15 is 0 Å². The van der Waals surface area contributed by atoms with E-state index in [4.69, 9.17) is 5.11 Å². The number of rotatable bonds is 1. The normalized spacial score (nSPS) is 38.4. The van der Waals surface area contributed by atoms with Crippen molar-refractivity contribution >= 4 is 0 Å². The average molecular weight is 150 g/mol. The van der Waals surface area contributed by atoms with Gasteiger partial charge in [0, 0.05) is 19.4 Å². The van der Waals surface area contributed by atoms with Crippen LogP contribution in [0.5, 0.6) is 0 Å². The minimum Gasteiger partial charge on any atom is -0.396 e. The Morgan fingerprint density at radius 2 is 2.00 bits per heavy atom. The molecule has 0 spiro atoms. The molecular weight excluding hydrogens is 138 g/mol. The van der Waals surface area contributed by atoms with Crippen LogP contribution in [0.2, 0.25) is 0 Å². The van der Waals surface area contributed by atoms with Gasteiger partial charge >= 0.3 is 0 Å². The fourth-order valence-corrected chi connectivity index (χ4v) is 1.42. The van der Waals surface area contributed by atoms with Crippen LogP contribution in [0.3, 0.4) is 0 Å². The summed E-state index contributed by atoms with van der Waals surface area (Å²) in [5.41, 5.74) is -0.524. The molecule has 1 nitrogen and oxygen atoms in total. The van der Waals surface area contributed by atoms with Crippen LogP contribution in [0.15, 0.2) is 0 Å². The highest BCUT2D eigenvalue weighted by atomic mass is 19.3. The third kappa shape index (κ3) is 1.45. The fourth-order valence-electron chi connectivity index (χ4n) is 1.42. The molecule has 0 aliphatic heterocycles. The predicted octanol–water partition coefficient (Wildman–Crippen LogP) is 1.80. The smallest absolute Gasteiger partial charge is 0.248 e. The van der Waals surface area contributed by atoms with Crippen LogP contribution < -0.4 is 0 Å². The van der Waals surface area contributed by atoms with Crippen molar-refractivity contribution < 1.29 is 13.9 Å². The van der Waals surface area contributed by atoms with E-state index < -0.39 is 11.3 Å². The van der Waals surface area contributed by atoms with Gasteiger partial charge in [0.2, 0.25) is 5.92 Å². The third-order valence-electron chi connectivity index (χ3n) is 2.16. The highest BCUT2D eigenvalue weighted by Gasteiger charge is 2.46. The SMILES string of the molecule is CC1(CO)CCC(F)(F)C1. The van der Waals surface area contributed by atoms with E-state index in [1.807, 2.05) is 0 Å². The summed E-state index contributed by atoms with van der Waals surface area (Å²) in [4.78, 5) is 0. The van der Waals surface area contributed by atoms with Crippen LogP contribution in [0, 0.1) is 5.41 Å². The molecule has 0 amide bonds. The number of aliphatic hydroxyl groups excluding tert-OH is 1. The molecule has 0 heterocycles. The number of halogens is 2. The molecule has 0 aromatic carbocycles. The average Bonchev–Trinajstić information content (AvgIpc) is 2.08. The van der Waals surface area contributed by atoms with Gasteiger partial charge in [-0.1, -0.05) is 6.92 Å². The van der Waals surface area contributed by atoms with Gasteiger partial charge in [0.15, 0.2) is 0 Å². The molecular formula is C7H12F2O. The zero-order valence-electron chi connectivity index (χ0n) is 6.03. The van der Waals surface area contributed by atoms with Crippen molar-refractivity contribution in [2.45, 2.75) is 32.1 Å². The zero-order chi connectivity index (χ0) is 7.83. The topological polar surface area (TPSA) is 20.2 Å². The predicted molar refractivity (Wildman–Crippen MR) is 34.0 cm³/mol. The molecule has 3 heteroatoms. The fraction of sp³-hybridized carbons (Fsp3) is 1.00. The summed E-state index contributed by atoms with van der Waals surface area (Å²) in [6.07, 6.45) is 0.219. The minimum atomic E-state index is -2.53. The summed E-state index contributed by atoms with van der Waals surface area (Å²) >= 11 is 0. The van der Waals surface area contributed by atoms with Gasteiger partial charge in [0.05, 0.1) is 0 Å². The van der Waals surface area contributed by atoms with Gasteiger partial charge in [-0.15, -0.1) is 0 Å². The van der Waals surface area contributed by atoms with E-state index in [1.54, 1.807) is 6.92 Å². The molecule has 1 unspecified atom stereocenters. The lowest BCUT2D eigenvalue weighted by Crippen LogP contribution is -2.20.